The van der Waals surface area contributed by atoms with Gasteiger partial charge in [0, 0.05) is 9.65 Å². The van der Waals surface area contributed by atoms with Gasteiger partial charge in [-0.25, -0.2) is 0 Å². The molecule has 0 amide bonds. The molecule has 0 saturated carbocycles. The molecule has 14 heavy (non-hydrogen) atoms. The third kappa shape index (κ3) is 1.64. The van der Waals surface area contributed by atoms with Gasteiger partial charge in [-0.05, 0) is 17.5 Å². The summed E-state index contributed by atoms with van der Waals surface area (Å²) < 4.78 is 3.29. The molecule has 2 rings (SSSR count). The van der Waals surface area contributed by atoms with Gasteiger partial charge in [-0.15, -0.1) is 0 Å². The summed E-state index contributed by atoms with van der Waals surface area (Å²) in [5.41, 5.74) is 0. The Kier molecular flexibility index (Phi) is 2.78. The Morgan fingerprint density at radius 2 is 1.79 bits per heavy atom. The van der Waals surface area contributed by atoms with Crippen molar-refractivity contribution in [2.75, 3.05) is 0 Å². The second kappa shape index (κ2) is 4.05. The predicted octanol–water partition coefficient (Wildman–Crippen LogP) is 2.56. The standard InChI is InChI=1S/C10H7ClNOP/c11-12-14(13)10-7-3-5-8-4-1-2-6-9(8)10/h1-7H. The zero-order valence-electron chi connectivity index (χ0n) is 7.22. The van der Waals surface area contributed by atoms with Crippen LogP contribution in [0.3, 0.4) is 0 Å². The second-order valence-corrected chi connectivity index (χ2v) is 4.48. The molecular formula is C10H7ClNOP. The van der Waals surface area contributed by atoms with E-state index in [2.05, 4.69) is 4.26 Å². The minimum Gasteiger partial charge on any atom is -0.606 e. The zero-order valence-corrected chi connectivity index (χ0v) is 8.87. The average molecular weight is 224 g/mol. The van der Waals surface area contributed by atoms with Crippen LogP contribution < -0.4 is 10.2 Å². The molecule has 0 spiro atoms. The summed E-state index contributed by atoms with van der Waals surface area (Å²) in [5.74, 6) is 0. The van der Waals surface area contributed by atoms with Gasteiger partial charge in [0.15, 0.2) is 5.30 Å². The molecule has 0 aliphatic carbocycles. The van der Waals surface area contributed by atoms with E-state index in [4.69, 9.17) is 11.8 Å². The maximum atomic E-state index is 11.5. The number of hydrogen-bond donors (Lipinski definition) is 0. The third-order valence-corrected chi connectivity index (χ3v) is 3.39. The smallest absolute Gasteiger partial charge is 0.226 e. The van der Waals surface area contributed by atoms with Crippen molar-refractivity contribution in [1.29, 1.82) is 0 Å². The lowest BCUT2D eigenvalue weighted by Crippen LogP contribution is -2.05. The Morgan fingerprint density at radius 3 is 2.57 bits per heavy atom. The normalized spacial score (nSPS) is 12.0. The van der Waals surface area contributed by atoms with Gasteiger partial charge in [-0.1, -0.05) is 30.3 Å². The highest BCUT2D eigenvalue weighted by molar-refractivity contribution is 7.50. The summed E-state index contributed by atoms with van der Waals surface area (Å²) in [4.78, 5) is 11.5. The fourth-order valence-electron chi connectivity index (χ4n) is 1.42. The maximum Gasteiger partial charge on any atom is 0.226 e. The Labute approximate surface area is 87.8 Å². The minimum absolute atomic E-state index is 0.688. The van der Waals surface area contributed by atoms with Crippen molar-refractivity contribution < 1.29 is 4.89 Å². The summed E-state index contributed by atoms with van der Waals surface area (Å²) in [6.07, 6.45) is 0. The first-order valence-corrected chi connectivity index (χ1v) is 5.65. The maximum absolute atomic E-state index is 11.5. The molecule has 0 aliphatic heterocycles. The summed E-state index contributed by atoms with van der Waals surface area (Å²) >= 11 is 5.23. The number of halogens is 1. The highest BCUT2D eigenvalue weighted by Crippen LogP contribution is 2.22. The molecule has 0 heterocycles. The van der Waals surface area contributed by atoms with Crippen LogP contribution in [0.2, 0.25) is 0 Å². The summed E-state index contributed by atoms with van der Waals surface area (Å²) in [6, 6.07) is 13.3. The number of hydrogen-bond acceptors (Lipinski definition) is 2. The lowest BCUT2D eigenvalue weighted by molar-refractivity contribution is -0.151. The number of benzene rings is 2. The van der Waals surface area contributed by atoms with Gasteiger partial charge >= 0.3 is 0 Å². The van der Waals surface area contributed by atoms with E-state index in [0.717, 1.165) is 10.8 Å². The molecule has 0 bridgehead atoms. The molecular weight excluding hydrogens is 217 g/mol. The number of rotatable bonds is 1. The van der Waals surface area contributed by atoms with Gasteiger partial charge < -0.3 is 4.89 Å². The van der Waals surface area contributed by atoms with Gasteiger partial charge in [-0.2, -0.15) is 0 Å². The van der Waals surface area contributed by atoms with Crippen molar-refractivity contribution in [2.45, 2.75) is 0 Å². The van der Waals surface area contributed by atoms with Crippen LogP contribution in [0.5, 0.6) is 0 Å². The quantitative estimate of drug-likeness (QED) is 0.685. The van der Waals surface area contributed by atoms with Crippen molar-refractivity contribution in [2.24, 2.45) is 4.26 Å². The van der Waals surface area contributed by atoms with Crippen molar-refractivity contribution in [3.05, 3.63) is 42.5 Å². The first-order valence-electron chi connectivity index (χ1n) is 4.10. The Morgan fingerprint density at radius 1 is 1.07 bits per heavy atom. The van der Waals surface area contributed by atoms with Gasteiger partial charge in [0.2, 0.25) is 7.94 Å². The zero-order chi connectivity index (χ0) is 9.97. The number of fused-ring (bicyclic) bond motifs is 1. The lowest BCUT2D eigenvalue weighted by atomic mass is 10.1. The van der Waals surface area contributed by atoms with Crippen molar-refractivity contribution >= 4 is 35.8 Å². The molecule has 0 fully saturated rings. The third-order valence-electron chi connectivity index (χ3n) is 2.04. The van der Waals surface area contributed by atoms with Crippen LogP contribution in [0.4, 0.5) is 0 Å². The van der Waals surface area contributed by atoms with E-state index in [9.17, 15) is 4.89 Å². The molecule has 1 unspecified atom stereocenters. The lowest BCUT2D eigenvalue weighted by Gasteiger charge is -1.99. The van der Waals surface area contributed by atoms with Crippen LogP contribution in [0.25, 0.3) is 10.8 Å². The molecule has 0 radical (unpaired) electrons. The molecule has 2 aromatic carbocycles. The van der Waals surface area contributed by atoms with Crippen LogP contribution in [-0.4, -0.2) is 0 Å². The monoisotopic (exact) mass is 223 g/mol. The van der Waals surface area contributed by atoms with Crippen LogP contribution in [0.15, 0.2) is 46.7 Å². The Bertz CT molecular complexity index is 493. The summed E-state index contributed by atoms with van der Waals surface area (Å²) in [6.45, 7) is 0. The molecule has 2 aromatic rings. The van der Waals surface area contributed by atoms with E-state index in [1.807, 2.05) is 36.4 Å². The molecule has 70 valence electrons. The van der Waals surface area contributed by atoms with E-state index in [-0.39, 0.29) is 0 Å². The van der Waals surface area contributed by atoms with E-state index >= 15 is 0 Å². The first-order chi connectivity index (χ1) is 6.83. The molecule has 0 aliphatic rings. The van der Waals surface area contributed by atoms with Gasteiger partial charge in [0.05, 0.1) is 11.8 Å². The van der Waals surface area contributed by atoms with Crippen LogP contribution >= 0.6 is 19.7 Å². The topological polar surface area (TPSA) is 35.4 Å². The van der Waals surface area contributed by atoms with Crippen molar-refractivity contribution in [3.63, 3.8) is 0 Å². The Hall–Kier alpha value is -0.950. The molecule has 0 N–H and O–H groups in total. The molecule has 2 nitrogen and oxygen atoms in total. The van der Waals surface area contributed by atoms with Crippen LogP contribution in [0, 0.1) is 0 Å². The molecule has 1 atom stereocenters. The first kappa shape index (κ1) is 9.60. The fraction of sp³-hybridized carbons (Fsp3) is 0. The largest absolute Gasteiger partial charge is 0.606 e. The molecule has 0 saturated heterocycles. The van der Waals surface area contributed by atoms with Gasteiger partial charge in [-0.3, -0.25) is 0 Å². The predicted molar refractivity (Wildman–Crippen MR) is 58.8 cm³/mol. The van der Waals surface area contributed by atoms with E-state index in [0.29, 0.717) is 5.30 Å². The highest BCUT2D eigenvalue weighted by atomic mass is 35.5. The SMILES string of the molecule is [O-][P+](=NCl)c1cccc2ccccc12. The van der Waals surface area contributed by atoms with Gasteiger partial charge in [0.1, 0.15) is 0 Å². The van der Waals surface area contributed by atoms with E-state index in [1.54, 1.807) is 6.07 Å². The minimum atomic E-state index is -1.83. The number of nitrogens with zero attached hydrogens (tertiary/aromatic N) is 1. The Balaban J connectivity index is 2.77. The van der Waals surface area contributed by atoms with Crippen molar-refractivity contribution in [1.82, 2.24) is 0 Å². The highest BCUT2D eigenvalue weighted by Gasteiger charge is 2.09. The van der Waals surface area contributed by atoms with Gasteiger partial charge in [0.25, 0.3) is 0 Å². The van der Waals surface area contributed by atoms with E-state index < -0.39 is 7.94 Å². The summed E-state index contributed by atoms with van der Waals surface area (Å²) in [5, 5.41) is 2.68. The molecule has 0 aromatic heterocycles. The van der Waals surface area contributed by atoms with Crippen molar-refractivity contribution in [3.8, 4) is 0 Å². The van der Waals surface area contributed by atoms with Crippen LogP contribution in [-0.2, 0) is 0 Å². The summed E-state index contributed by atoms with van der Waals surface area (Å²) in [7, 11) is -1.83. The van der Waals surface area contributed by atoms with E-state index in [1.165, 1.54) is 0 Å². The molecule has 4 heteroatoms. The fourth-order valence-corrected chi connectivity index (χ4v) is 2.36. The van der Waals surface area contributed by atoms with Crippen LogP contribution in [0.1, 0.15) is 0 Å². The second-order valence-electron chi connectivity index (χ2n) is 2.85. The average Bonchev–Trinajstić information content (AvgIpc) is 2.27.